The zero-order valence-electron chi connectivity index (χ0n) is 7.61. The lowest BCUT2D eigenvalue weighted by atomic mass is 10.3. The molecule has 1 aromatic rings. The van der Waals surface area contributed by atoms with Gasteiger partial charge in [-0.15, -0.1) is 0 Å². The van der Waals surface area contributed by atoms with E-state index in [1.165, 1.54) is 12.1 Å². The SMILES string of the molecule is Fc1cc(Br)c([N+]2=CNCC2)c(Br)c1.[Cl-]. The van der Waals surface area contributed by atoms with E-state index in [0.29, 0.717) is 0 Å². The summed E-state index contributed by atoms with van der Waals surface area (Å²) in [5.74, 6) is -0.250. The monoisotopic (exact) mass is 356 g/mol. The molecular weight excluding hydrogens is 350 g/mol. The maximum Gasteiger partial charge on any atom is 0.237 e. The minimum Gasteiger partial charge on any atom is -1.00 e. The van der Waals surface area contributed by atoms with E-state index >= 15 is 0 Å². The summed E-state index contributed by atoms with van der Waals surface area (Å²) in [5.41, 5.74) is 0.955. The van der Waals surface area contributed by atoms with Crippen molar-refractivity contribution in [3.63, 3.8) is 0 Å². The Bertz CT molecular complexity index is 386. The van der Waals surface area contributed by atoms with Crippen molar-refractivity contribution in [3.05, 3.63) is 26.9 Å². The predicted octanol–water partition coefficient (Wildman–Crippen LogP) is -0.370. The number of nitrogens with zero attached hydrogens (tertiary/aromatic N) is 1. The van der Waals surface area contributed by atoms with E-state index in [-0.39, 0.29) is 18.2 Å². The first-order valence-electron chi connectivity index (χ1n) is 4.16. The van der Waals surface area contributed by atoms with Gasteiger partial charge >= 0.3 is 0 Å². The van der Waals surface area contributed by atoms with Crippen LogP contribution < -0.4 is 17.7 Å². The van der Waals surface area contributed by atoms with Gasteiger partial charge in [-0.3, -0.25) is 5.32 Å². The smallest absolute Gasteiger partial charge is 0.237 e. The molecule has 1 aromatic carbocycles. The molecule has 0 fully saturated rings. The number of halogens is 4. The molecule has 0 saturated carbocycles. The minimum atomic E-state index is -0.250. The van der Waals surface area contributed by atoms with E-state index in [9.17, 15) is 4.39 Å². The quantitative estimate of drug-likeness (QED) is 0.677. The van der Waals surface area contributed by atoms with Crippen LogP contribution in [0.2, 0.25) is 0 Å². The van der Waals surface area contributed by atoms with Crippen LogP contribution in [-0.2, 0) is 0 Å². The van der Waals surface area contributed by atoms with Gasteiger partial charge in [-0.25, -0.2) is 8.97 Å². The highest BCUT2D eigenvalue weighted by Crippen LogP contribution is 2.34. The Kier molecular flexibility index (Phi) is 4.55. The first-order valence-corrected chi connectivity index (χ1v) is 5.75. The van der Waals surface area contributed by atoms with Crippen LogP contribution in [0.15, 0.2) is 21.1 Å². The molecule has 0 unspecified atom stereocenters. The van der Waals surface area contributed by atoms with Crippen molar-refractivity contribution in [1.29, 1.82) is 0 Å². The van der Waals surface area contributed by atoms with Crippen molar-refractivity contribution in [3.8, 4) is 0 Å². The lowest BCUT2D eigenvalue weighted by molar-refractivity contribution is -0.425. The average Bonchev–Trinajstić information content (AvgIpc) is 2.54. The standard InChI is InChI=1S/C9H7Br2FN2.ClH/c10-7-3-6(12)4-8(11)9(7)14-2-1-13-5-14;/h3-5H,1-2H2;1H. The van der Waals surface area contributed by atoms with E-state index in [1.54, 1.807) is 0 Å². The highest BCUT2D eigenvalue weighted by molar-refractivity contribution is 9.11. The second-order valence-corrected chi connectivity index (χ2v) is 4.70. The van der Waals surface area contributed by atoms with Gasteiger partial charge in [0.2, 0.25) is 6.34 Å². The van der Waals surface area contributed by atoms with Crippen LogP contribution in [0.5, 0.6) is 0 Å². The summed E-state index contributed by atoms with van der Waals surface area (Å²) in [6, 6.07) is 2.93. The van der Waals surface area contributed by atoms with E-state index in [4.69, 9.17) is 0 Å². The molecule has 2 nitrogen and oxygen atoms in total. The fourth-order valence-electron chi connectivity index (χ4n) is 1.41. The average molecular weight is 358 g/mol. The lowest BCUT2D eigenvalue weighted by Gasteiger charge is -2.05. The Labute approximate surface area is 110 Å². The maximum atomic E-state index is 13.0. The molecule has 1 heterocycles. The number of hydrogen-bond acceptors (Lipinski definition) is 1. The minimum absolute atomic E-state index is 0. The van der Waals surface area contributed by atoms with Crippen molar-refractivity contribution in [2.75, 3.05) is 13.1 Å². The molecule has 1 N–H and O–H groups in total. The predicted molar refractivity (Wildman–Crippen MR) is 60.7 cm³/mol. The molecule has 6 heteroatoms. The Morgan fingerprint density at radius 1 is 1.27 bits per heavy atom. The summed E-state index contributed by atoms with van der Waals surface area (Å²) in [6.07, 6.45) is 1.89. The van der Waals surface area contributed by atoms with Gasteiger partial charge in [0, 0.05) is 0 Å². The summed E-state index contributed by atoms with van der Waals surface area (Å²) in [7, 11) is 0. The largest absolute Gasteiger partial charge is 1.00 e. The van der Waals surface area contributed by atoms with Gasteiger partial charge in [0.1, 0.15) is 18.9 Å². The van der Waals surface area contributed by atoms with E-state index in [2.05, 4.69) is 37.2 Å². The third-order valence-corrected chi connectivity index (χ3v) is 3.22. The van der Waals surface area contributed by atoms with Crippen molar-refractivity contribution < 1.29 is 21.4 Å². The molecule has 0 aromatic heterocycles. The van der Waals surface area contributed by atoms with Gasteiger partial charge in [0.05, 0.1) is 8.95 Å². The second-order valence-electron chi connectivity index (χ2n) is 2.99. The van der Waals surface area contributed by atoms with Gasteiger partial charge in [-0.05, 0) is 44.0 Å². The molecule has 1 aliphatic rings. The topological polar surface area (TPSA) is 15.0 Å². The fourth-order valence-corrected chi connectivity index (χ4v) is 3.00. The van der Waals surface area contributed by atoms with E-state index < -0.39 is 0 Å². The van der Waals surface area contributed by atoms with Gasteiger partial charge < -0.3 is 12.4 Å². The lowest BCUT2D eigenvalue weighted by Crippen LogP contribution is -3.00. The Balaban J connectivity index is 0.00000112. The van der Waals surface area contributed by atoms with Crippen LogP contribution in [0.1, 0.15) is 0 Å². The molecule has 1 aliphatic heterocycles. The third-order valence-electron chi connectivity index (χ3n) is 2.01. The Morgan fingerprint density at radius 2 is 1.87 bits per heavy atom. The van der Waals surface area contributed by atoms with Crippen molar-refractivity contribution in [2.45, 2.75) is 0 Å². The van der Waals surface area contributed by atoms with Gasteiger partial charge in [-0.1, -0.05) is 0 Å². The zero-order valence-corrected chi connectivity index (χ0v) is 11.5. The first-order chi connectivity index (χ1) is 6.68. The van der Waals surface area contributed by atoms with Crippen LogP contribution in [0, 0.1) is 5.82 Å². The van der Waals surface area contributed by atoms with Crippen molar-refractivity contribution in [1.82, 2.24) is 5.32 Å². The molecule has 15 heavy (non-hydrogen) atoms. The summed E-state index contributed by atoms with van der Waals surface area (Å²) in [5, 5.41) is 3.11. The summed E-state index contributed by atoms with van der Waals surface area (Å²) in [6.45, 7) is 1.80. The normalized spacial score (nSPS) is 14.2. The van der Waals surface area contributed by atoms with E-state index in [0.717, 1.165) is 27.7 Å². The van der Waals surface area contributed by atoms with Gasteiger partial charge in [0.15, 0.2) is 5.69 Å². The molecule has 82 valence electrons. The molecule has 0 aliphatic carbocycles. The maximum absolute atomic E-state index is 13.0. The summed E-state index contributed by atoms with van der Waals surface area (Å²) < 4.78 is 16.5. The molecule has 0 atom stereocenters. The number of benzene rings is 1. The fraction of sp³-hybridized carbons (Fsp3) is 0.222. The molecule has 2 rings (SSSR count). The summed E-state index contributed by atoms with van der Waals surface area (Å²) in [4.78, 5) is 0. The Hall–Kier alpha value is -0.130. The molecule has 0 spiro atoms. The molecule has 0 saturated heterocycles. The molecule has 0 radical (unpaired) electrons. The highest BCUT2D eigenvalue weighted by atomic mass is 79.9. The van der Waals surface area contributed by atoms with Crippen LogP contribution in [-0.4, -0.2) is 24.0 Å². The van der Waals surface area contributed by atoms with Crippen molar-refractivity contribution >= 4 is 43.9 Å². The van der Waals surface area contributed by atoms with Gasteiger partial charge in [0.25, 0.3) is 0 Å². The molecule has 0 bridgehead atoms. The van der Waals surface area contributed by atoms with Crippen LogP contribution in [0.4, 0.5) is 10.1 Å². The number of nitrogens with one attached hydrogen (secondary N) is 1. The second kappa shape index (κ2) is 5.27. The van der Waals surface area contributed by atoms with Gasteiger partial charge in [-0.2, -0.15) is 0 Å². The molecule has 0 amide bonds. The number of rotatable bonds is 1. The van der Waals surface area contributed by atoms with Crippen LogP contribution in [0.25, 0.3) is 0 Å². The first kappa shape index (κ1) is 12.9. The van der Waals surface area contributed by atoms with Crippen molar-refractivity contribution in [2.24, 2.45) is 0 Å². The Morgan fingerprint density at radius 3 is 2.33 bits per heavy atom. The number of hydrogen-bond donors (Lipinski definition) is 1. The molecular formula is C9H8Br2ClFN2. The summed E-state index contributed by atoms with van der Waals surface area (Å²) >= 11 is 6.70. The van der Waals surface area contributed by atoms with E-state index in [1.807, 2.05) is 10.9 Å². The third kappa shape index (κ3) is 2.71. The highest BCUT2D eigenvalue weighted by Gasteiger charge is 2.18. The van der Waals surface area contributed by atoms with Crippen LogP contribution in [0.3, 0.4) is 0 Å². The zero-order chi connectivity index (χ0) is 10.1. The van der Waals surface area contributed by atoms with Crippen LogP contribution >= 0.6 is 31.9 Å².